The predicted octanol–water partition coefficient (Wildman–Crippen LogP) is 9.80. The lowest BCUT2D eigenvalue weighted by atomic mass is 9.84. The second-order valence-corrected chi connectivity index (χ2v) is 12.2. The maximum atomic E-state index is 12.3. The zero-order valence-corrected chi connectivity index (χ0v) is 26.0. The van der Waals surface area contributed by atoms with Crippen molar-refractivity contribution >= 4 is 5.97 Å². The molecule has 1 aromatic rings. The number of esters is 1. The van der Waals surface area contributed by atoms with Crippen molar-refractivity contribution < 1.29 is 19.1 Å². The fraction of sp³-hybridized carbons (Fsp3) is 0.735. The van der Waals surface area contributed by atoms with Crippen LogP contribution < -0.4 is 4.74 Å². The zero-order chi connectivity index (χ0) is 28.4. The molecule has 0 radical (unpaired) electrons. The van der Waals surface area contributed by atoms with Gasteiger partial charge in [0.05, 0.1) is 20.6 Å². The van der Waals surface area contributed by atoms with Gasteiger partial charge in [-0.25, -0.2) is 4.79 Å². The van der Waals surface area contributed by atoms with Crippen LogP contribution in [0.4, 0.5) is 0 Å². The van der Waals surface area contributed by atoms with E-state index in [0.29, 0.717) is 5.75 Å². The van der Waals surface area contributed by atoms with E-state index in [9.17, 15) is 9.90 Å². The van der Waals surface area contributed by atoms with Crippen LogP contribution in [0.15, 0.2) is 30.0 Å². The summed E-state index contributed by atoms with van der Waals surface area (Å²) in [4.78, 5) is 12.3. The van der Waals surface area contributed by atoms with Gasteiger partial charge in [0.15, 0.2) is 5.76 Å². The van der Waals surface area contributed by atoms with Gasteiger partial charge in [-0.05, 0) is 52.2 Å². The third-order valence-corrected chi connectivity index (χ3v) is 8.56. The van der Waals surface area contributed by atoms with Crippen molar-refractivity contribution in [2.75, 3.05) is 20.6 Å². The largest absolute Gasteiger partial charge is 0.502 e. The van der Waals surface area contributed by atoms with Gasteiger partial charge in [-0.15, -0.1) is 0 Å². The molecule has 0 amide bonds. The van der Waals surface area contributed by atoms with Crippen LogP contribution in [0.5, 0.6) is 5.75 Å². The van der Waals surface area contributed by atoms with Crippen molar-refractivity contribution in [3.63, 3.8) is 0 Å². The first-order valence-electron chi connectivity index (χ1n) is 15.6. The van der Waals surface area contributed by atoms with Crippen molar-refractivity contribution in [2.24, 2.45) is 0 Å². The van der Waals surface area contributed by atoms with Crippen LogP contribution in [-0.2, 0) is 16.8 Å². The quantitative estimate of drug-likeness (QED) is 0.0429. The average Bonchev–Trinajstić information content (AvgIpc) is 2.89. The molecule has 0 fully saturated rings. The van der Waals surface area contributed by atoms with Crippen molar-refractivity contribution in [2.45, 2.75) is 143 Å². The van der Waals surface area contributed by atoms with Crippen LogP contribution in [0.3, 0.4) is 0 Å². The van der Waals surface area contributed by atoms with Crippen molar-refractivity contribution in [1.29, 1.82) is 0 Å². The van der Waals surface area contributed by atoms with Gasteiger partial charge in [-0.2, -0.15) is 0 Å². The molecule has 0 aliphatic carbocycles. The number of aliphatic hydroxyl groups excluding tert-OH is 1. The molecule has 0 aliphatic rings. The molecule has 1 N–H and O–H groups in total. The minimum atomic E-state index is -0.698. The molecule has 0 aliphatic heterocycles. The van der Waals surface area contributed by atoms with E-state index in [-0.39, 0.29) is 11.3 Å². The second kappa shape index (κ2) is 18.5. The topological polar surface area (TPSA) is 46.5 Å². The summed E-state index contributed by atoms with van der Waals surface area (Å²) < 4.78 is 6.50. The van der Waals surface area contributed by atoms with E-state index in [2.05, 4.69) is 47.9 Å². The summed E-state index contributed by atoms with van der Waals surface area (Å²) in [5, 5.41) is 9.81. The average molecular weight is 531 g/mol. The SMILES string of the molecule is CC=C(O)C(=O)Oc1cccc(C(C)(C)[N+](C)(C)CCCCCCCCCCCCCCCC)c1CCC. The molecular weight excluding hydrogens is 470 g/mol. The van der Waals surface area contributed by atoms with Crippen molar-refractivity contribution in [3.8, 4) is 5.75 Å². The van der Waals surface area contributed by atoms with Gasteiger partial charge in [0, 0.05) is 11.1 Å². The van der Waals surface area contributed by atoms with E-state index >= 15 is 0 Å². The third-order valence-electron chi connectivity index (χ3n) is 8.56. The molecule has 0 saturated heterocycles. The van der Waals surface area contributed by atoms with E-state index in [0.717, 1.165) is 29.4 Å². The number of ether oxygens (including phenoxy) is 1. The number of hydrogen-bond acceptors (Lipinski definition) is 3. The Bertz CT molecular complexity index is 825. The van der Waals surface area contributed by atoms with E-state index < -0.39 is 5.97 Å². The molecule has 0 atom stereocenters. The minimum Gasteiger partial charge on any atom is -0.502 e. The van der Waals surface area contributed by atoms with Crippen LogP contribution in [-0.4, -0.2) is 36.2 Å². The molecule has 1 aromatic carbocycles. The van der Waals surface area contributed by atoms with Crippen LogP contribution >= 0.6 is 0 Å². The highest BCUT2D eigenvalue weighted by Crippen LogP contribution is 2.38. The molecule has 0 aromatic heterocycles. The Labute approximate surface area is 235 Å². The number of carbonyl (C=O) groups excluding carboxylic acids is 1. The lowest BCUT2D eigenvalue weighted by Gasteiger charge is -2.46. The van der Waals surface area contributed by atoms with Gasteiger partial charge in [-0.1, -0.05) is 109 Å². The van der Waals surface area contributed by atoms with Gasteiger partial charge in [0.2, 0.25) is 0 Å². The molecule has 0 heterocycles. The number of benzene rings is 1. The fourth-order valence-corrected chi connectivity index (χ4v) is 5.32. The van der Waals surface area contributed by atoms with E-state index in [1.54, 1.807) is 6.92 Å². The van der Waals surface area contributed by atoms with Crippen LogP contribution in [0.2, 0.25) is 0 Å². The lowest BCUT2D eigenvalue weighted by molar-refractivity contribution is -0.945. The van der Waals surface area contributed by atoms with Gasteiger partial charge < -0.3 is 14.3 Å². The van der Waals surface area contributed by atoms with Gasteiger partial charge >= 0.3 is 5.97 Å². The molecule has 38 heavy (non-hydrogen) atoms. The van der Waals surface area contributed by atoms with Crippen molar-refractivity contribution in [3.05, 3.63) is 41.2 Å². The highest BCUT2D eigenvalue weighted by atomic mass is 16.5. The van der Waals surface area contributed by atoms with Crippen molar-refractivity contribution in [1.82, 2.24) is 0 Å². The molecule has 0 unspecified atom stereocenters. The standard InChI is InChI=1S/C34H59NO3/c1-8-11-12-13-14-15-16-17-18-19-20-21-22-23-28-35(6,7)34(4,5)30-26-24-27-32(29(30)25-9-2)38-33(37)31(36)10-3/h10,24,26-27H,8-9,11-23,25,28H2,1-7H3/p+1. The molecule has 0 saturated carbocycles. The number of quaternary nitrogens is 1. The summed E-state index contributed by atoms with van der Waals surface area (Å²) in [5.74, 6) is -0.491. The Kier molecular flexibility index (Phi) is 16.6. The molecule has 218 valence electrons. The van der Waals surface area contributed by atoms with E-state index in [1.165, 1.54) is 102 Å². The summed E-state index contributed by atoms with van der Waals surface area (Å²) in [6, 6.07) is 6.00. The Morgan fingerprint density at radius 2 is 1.34 bits per heavy atom. The molecule has 4 heteroatoms. The summed E-state index contributed by atoms with van der Waals surface area (Å²) in [6.45, 7) is 11.8. The Balaban J connectivity index is 2.55. The molecule has 4 nitrogen and oxygen atoms in total. The first-order valence-corrected chi connectivity index (χ1v) is 15.6. The number of nitrogens with zero attached hydrogens (tertiary/aromatic N) is 1. The second-order valence-electron chi connectivity index (χ2n) is 12.2. The number of allylic oxidation sites excluding steroid dienone is 1. The summed E-state index contributed by atoms with van der Waals surface area (Å²) >= 11 is 0. The first-order chi connectivity index (χ1) is 18.1. The maximum absolute atomic E-state index is 12.3. The first kappa shape index (κ1) is 34.2. The summed E-state index contributed by atoms with van der Waals surface area (Å²) in [7, 11) is 4.64. The normalized spacial score (nSPS) is 12.7. The highest BCUT2D eigenvalue weighted by Gasteiger charge is 2.40. The minimum absolute atomic E-state index is 0.147. The summed E-state index contributed by atoms with van der Waals surface area (Å²) in [5.41, 5.74) is 2.15. The van der Waals surface area contributed by atoms with E-state index in [1.807, 2.05) is 12.1 Å². The molecule has 0 bridgehead atoms. The van der Waals surface area contributed by atoms with E-state index in [4.69, 9.17) is 4.74 Å². The van der Waals surface area contributed by atoms with Crippen LogP contribution in [0.1, 0.15) is 142 Å². The number of unbranched alkanes of at least 4 members (excludes halogenated alkanes) is 13. The lowest BCUT2D eigenvalue weighted by Crippen LogP contribution is -2.54. The maximum Gasteiger partial charge on any atom is 0.378 e. The van der Waals surface area contributed by atoms with Gasteiger partial charge in [0.1, 0.15) is 11.3 Å². The van der Waals surface area contributed by atoms with Gasteiger partial charge in [-0.3, -0.25) is 0 Å². The number of aliphatic hydroxyl groups is 1. The number of hydrogen-bond donors (Lipinski definition) is 1. The monoisotopic (exact) mass is 530 g/mol. The molecule has 0 spiro atoms. The number of carbonyl (C=O) groups is 1. The van der Waals surface area contributed by atoms with Crippen LogP contribution in [0.25, 0.3) is 0 Å². The smallest absolute Gasteiger partial charge is 0.378 e. The number of rotatable bonds is 21. The molecule has 1 rings (SSSR count). The Hall–Kier alpha value is -1.81. The van der Waals surface area contributed by atoms with Gasteiger partial charge in [0.25, 0.3) is 0 Å². The summed E-state index contributed by atoms with van der Waals surface area (Å²) in [6.07, 6.45) is 22.4. The van der Waals surface area contributed by atoms with Crippen LogP contribution in [0, 0.1) is 0 Å². The highest BCUT2D eigenvalue weighted by molar-refractivity contribution is 5.87. The third kappa shape index (κ3) is 11.5. The predicted molar refractivity (Wildman–Crippen MR) is 163 cm³/mol. The zero-order valence-electron chi connectivity index (χ0n) is 26.0. The Morgan fingerprint density at radius 3 is 1.82 bits per heavy atom. The fourth-order valence-electron chi connectivity index (χ4n) is 5.32. The Morgan fingerprint density at radius 1 is 0.842 bits per heavy atom. The molecular formula is C34H60NO3+.